The Morgan fingerprint density at radius 2 is 1.79 bits per heavy atom. The van der Waals surface area contributed by atoms with Crippen LogP contribution in [0.1, 0.15) is 18.1 Å². The van der Waals surface area contributed by atoms with Crippen LogP contribution < -0.4 is 10.6 Å². The van der Waals surface area contributed by atoms with Gasteiger partial charge in [-0.1, -0.05) is 30.3 Å². The maximum absolute atomic E-state index is 13.6. The first-order chi connectivity index (χ1) is 9.22. The van der Waals surface area contributed by atoms with Gasteiger partial charge in [0.05, 0.1) is 0 Å². The molecule has 0 aliphatic heterocycles. The molecule has 19 heavy (non-hydrogen) atoms. The summed E-state index contributed by atoms with van der Waals surface area (Å²) in [6.07, 6.45) is 0. The lowest BCUT2D eigenvalue weighted by atomic mass is 10.1. The fourth-order valence-corrected chi connectivity index (χ4v) is 2.12. The molecule has 0 heterocycles. The molecular formula is C16H19FN2. The van der Waals surface area contributed by atoms with E-state index in [0.29, 0.717) is 6.54 Å². The number of halogens is 1. The van der Waals surface area contributed by atoms with Crippen molar-refractivity contribution in [1.29, 1.82) is 0 Å². The van der Waals surface area contributed by atoms with Gasteiger partial charge in [-0.15, -0.1) is 0 Å². The molecule has 2 aromatic carbocycles. The molecule has 0 amide bonds. The van der Waals surface area contributed by atoms with Gasteiger partial charge in [0, 0.05) is 25.3 Å². The molecule has 0 saturated carbocycles. The predicted molar refractivity (Wildman–Crippen MR) is 77.5 cm³/mol. The zero-order valence-corrected chi connectivity index (χ0v) is 11.1. The van der Waals surface area contributed by atoms with Crippen molar-refractivity contribution >= 4 is 5.69 Å². The molecule has 0 unspecified atom stereocenters. The van der Waals surface area contributed by atoms with Crippen LogP contribution in [0.15, 0.2) is 48.5 Å². The molecule has 0 bridgehead atoms. The summed E-state index contributed by atoms with van der Waals surface area (Å²) in [7, 11) is 0. The maximum atomic E-state index is 13.6. The lowest BCUT2D eigenvalue weighted by Gasteiger charge is -2.24. The van der Waals surface area contributed by atoms with Crippen molar-refractivity contribution in [2.75, 3.05) is 11.4 Å². The minimum atomic E-state index is -0.232. The van der Waals surface area contributed by atoms with Gasteiger partial charge in [0.25, 0.3) is 0 Å². The molecule has 3 heteroatoms. The van der Waals surface area contributed by atoms with Gasteiger partial charge in [-0.2, -0.15) is 0 Å². The normalized spacial score (nSPS) is 10.5. The Balaban J connectivity index is 2.24. The Bertz CT molecular complexity index is 526. The lowest BCUT2D eigenvalue weighted by Crippen LogP contribution is -2.22. The van der Waals surface area contributed by atoms with Crippen LogP contribution in [0.4, 0.5) is 10.1 Å². The number of nitrogens with two attached hydrogens (primary N) is 1. The number of benzene rings is 2. The van der Waals surface area contributed by atoms with Gasteiger partial charge in [0.15, 0.2) is 0 Å². The number of hydrogen-bond donors (Lipinski definition) is 1. The highest BCUT2D eigenvalue weighted by Gasteiger charge is 2.08. The van der Waals surface area contributed by atoms with Gasteiger partial charge >= 0.3 is 0 Å². The SMILES string of the molecule is CCN(Cc1ccccc1)c1cc(F)cc(CN)c1. The average Bonchev–Trinajstić information content (AvgIpc) is 2.45. The van der Waals surface area contributed by atoms with Crippen LogP contribution in [-0.4, -0.2) is 6.54 Å². The van der Waals surface area contributed by atoms with E-state index in [1.165, 1.54) is 11.6 Å². The largest absolute Gasteiger partial charge is 0.367 e. The van der Waals surface area contributed by atoms with Gasteiger partial charge in [-0.3, -0.25) is 0 Å². The zero-order valence-electron chi connectivity index (χ0n) is 11.1. The highest BCUT2D eigenvalue weighted by molar-refractivity contribution is 5.49. The second-order valence-electron chi connectivity index (χ2n) is 4.52. The van der Waals surface area contributed by atoms with Crippen molar-refractivity contribution < 1.29 is 4.39 Å². The summed E-state index contributed by atoms with van der Waals surface area (Å²) in [5.41, 5.74) is 8.51. The van der Waals surface area contributed by atoms with Crippen LogP contribution in [-0.2, 0) is 13.1 Å². The third-order valence-corrected chi connectivity index (χ3v) is 3.14. The average molecular weight is 258 g/mol. The first-order valence-electron chi connectivity index (χ1n) is 6.51. The van der Waals surface area contributed by atoms with Crippen molar-refractivity contribution in [3.8, 4) is 0 Å². The van der Waals surface area contributed by atoms with E-state index in [0.717, 1.165) is 24.3 Å². The maximum Gasteiger partial charge on any atom is 0.125 e. The lowest BCUT2D eigenvalue weighted by molar-refractivity contribution is 0.624. The molecule has 0 aromatic heterocycles. The molecule has 0 saturated heterocycles. The Labute approximate surface area is 113 Å². The van der Waals surface area contributed by atoms with Gasteiger partial charge in [0.2, 0.25) is 0 Å². The molecule has 0 radical (unpaired) electrons. The van der Waals surface area contributed by atoms with Crippen molar-refractivity contribution in [3.63, 3.8) is 0 Å². The van der Waals surface area contributed by atoms with Gasteiger partial charge < -0.3 is 10.6 Å². The van der Waals surface area contributed by atoms with Crippen molar-refractivity contribution in [2.45, 2.75) is 20.0 Å². The van der Waals surface area contributed by atoms with Crippen LogP contribution >= 0.6 is 0 Å². The van der Waals surface area contributed by atoms with Crippen LogP contribution in [0, 0.1) is 5.82 Å². The molecule has 0 aliphatic rings. The third kappa shape index (κ3) is 3.55. The summed E-state index contributed by atoms with van der Waals surface area (Å²) in [5, 5.41) is 0. The first kappa shape index (κ1) is 13.6. The monoisotopic (exact) mass is 258 g/mol. The van der Waals surface area contributed by atoms with Crippen LogP contribution in [0.25, 0.3) is 0 Å². The number of rotatable bonds is 5. The molecule has 2 aromatic rings. The Kier molecular flexibility index (Phi) is 4.53. The van der Waals surface area contributed by atoms with E-state index < -0.39 is 0 Å². The van der Waals surface area contributed by atoms with E-state index in [1.807, 2.05) is 24.3 Å². The second kappa shape index (κ2) is 6.34. The Morgan fingerprint density at radius 1 is 1.05 bits per heavy atom. The topological polar surface area (TPSA) is 29.3 Å². The predicted octanol–water partition coefficient (Wildman–Crippen LogP) is 3.31. The minimum Gasteiger partial charge on any atom is -0.367 e. The summed E-state index contributed by atoms with van der Waals surface area (Å²) >= 11 is 0. The van der Waals surface area contributed by atoms with Gasteiger partial charge in [-0.25, -0.2) is 4.39 Å². The highest BCUT2D eigenvalue weighted by Crippen LogP contribution is 2.20. The van der Waals surface area contributed by atoms with E-state index >= 15 is 0 Å². The Hall–Kier alpha value is -1.87. The molecular weight excluding hydrogens is 239 g/mol. The van der Waals surface area contributed by atoms with Gasteiger partial charge in [-0.05, 0) is 36.2 Å². The summed E-state index contributed by atoms with van der Waals surface area (Å²) in [5.74, 6) is -0.232. The van der Waals surface area contributed by atoms with Crippen molar-refractivity contribution in [3.05, 3.63) is 65.5 Å². The highest BCUT2D eigenvalue weighted by atomic mass is 19.1. The van der Waals surface area contributed by atoms with E-state index in [2.05, 4.69) is 24.0 Å². The minimum absolute atomic E-state index is 0.232. The van der Waals surface area contributed by atoms with Crippen LogP contribution in [0.3, 0.4) is 0 Å². The number of nitrogens with zero attached hydrogens (tertiary/aromatic N) is 1. The summed E-state index contributed by atoms with van der Waals surface area (Å²) < 4.78 is 13.6. The van der Waals surface area contributed by atoms with E-state index in [-0.39, 0.29) is 5.82 Å². The number of hydrogen-bond acceptors (Lipinski definition) is 2. The van der Waals surface area contributed by atoms with E-state index in [4.69, 9.17) is 5.73 Å². The second-order valence-corrected chi connectivity index (χ2v) is 4.52. The molecule has 0 aliphatic carbocycles. The van der Waals surface area contributed by atoms with Crippen LogP contribution in [0.5, 0.6) is 0 Å². The molecule has 0 fully saturated rings. The molecule has 0 spiro atoms. The quantitative estimate of drug-likeness (QED) is 0.891. The Morgan fingerprint density at radius 3 is 2.42 bits per heavy atom. The summed E-state index contributed by atoms with van der Waals surface area (Å²) in [4.78, 5) is 2.14. The number of anilines is 1. The van der Waals surface area contributed by atoms with Crippen molar-refractivity contribution in [2.24, 2.45) is 5.73 Å². The molecule has 2 nitrogen and oxygen atoms in total. The molecule has 100 valence electrons. The fraction of sp³-hybridized carbons (Fsp3) is 0.250. The standard InChI is InChI=1S/C16H19FN2/c1-2-19(12-13-6-4-3-5-7-13)16-9-14(11-18)8-15(17)10-16/h3-10H,2,11-12,18H2,1H3. The van der Waals surface area contributed by atoms with Crippen LogP contribution in [0.2, 0.25) is 0 Å². The fourth-order valence-electron chi connectivity index (χ4n) is 2.12. The third-order valence-electron chi connectivity index (χ3n) is 3.14. The molecule has 0 atom stereocenters. The van der Waals surface area contributed by atoms with Crippen molar-refractivity contribution in [1.82, 2.24) is 0 Å². The van der Waals surface area contributed by atoms with E-state index in [1.54, 1.807) is 6.07 Å². The summed E-state index contributed by atoms with van der Waals surface area (Å²) in [6.45, 7) is 4.01. The molecule has 2 N–H and O–H groups in total. The van der Waals surface area contributed by atoms with E-state index in [9.17, 15) is 4.39 Å². The first-order valence-corrected chi connectivity index (χ1v) is 6.51. The molecule has 2 rings (SSSR count). The smallest absolute Gasteiger partial charge is 0.125 e. The van der Waals surface area contributed by atoms with Gasteiger partial charge in [0.1, 0.15) is 5.82 Å². The zero-order chi connectivity index (χ0) is 13.7. The summed E-state index contributed by atoms with van der Waals surface area (Å²) in [6, 6.07) is 15.2.